The molecule has 0 saturated carbocycles. The van der Waals surface area contributed by atoms with Crippen LogP contribution in [0.1, 0.15) is 12.0 Å². The summed E-state index contributed by atoms with van der Waals surface area (Å²) in [6.07, 6.45) is 1.42. The lowest BCUT2D eigenvalue weighted by Gasteiger charge is -2.19. The van der Waals surface area contributed by atoms with Gasteiger partial charge in [0, 0.05) is 19.7 Å². The minimum Gasteiger partial charge on any atom is -0.396 e. The summed E-state index contributed by atoms with van der Waals surface area (Å²) in [6.45, 7) is -0.0939. The quantitative estimate of drug-likeness (QED) is 0.665. The number of rotatable bonds is 8. The fourth-order valence-corrected chi connectivity index (χ4v) is 2.34. The van der Waals surface area contributed by atoms with E-state index in [1.807, 2.05) is 0 Å². The first-order valence-corrected chi connectivity index (χ1v) is 8.25. The van der Waals surface area contributed by atoms with Crippen molar-refractivity contribution in [3.05, 3.63) is 35.6 Å². The summed E-state index contributed by atoms with van der Waals surface area (Å²) < 4.78 is 37.2. The van der Waals surface area contributed by atoms with E-state index in [1.54, 1.807) is 0 Å². The number of sulfonamides is 1. The number of hydrogen-bond acceptors (Lipinski definition) is 4. The van der Waals surface area contributed by atoms with Gasteiger partial charge in [-0.05, 0) is 24.1 Å². The number of nitrogens with one attached hydrogen (secondary N) is 1. The molecule has 0 aliphatic carbocycles. The molecule has 1 aromatic rings. The summed E-state index contributed by atoms with van der Waals surface area (Å²) in [4.78, 5) is 11.7. The molecule has 0 heterocycles. The van der Waals surface area contributed by atoms with Crippen LogP contribution in [0.15, 0.2) is 24.3 Å². The molecule has 1 amide bonds. The third-order valence-electron chi connectivity index (χ3n) is 2.72. The number of nitrogens with zero attached hydrogens (tertiary/aromatic N) is 1. The molecule has 0 bridgehead atoms. The maximum atomic E-state index is 12.8. The first-order chi connectivity index (χ1) is 9.82. The Hall–Kier alpha value is -1.51. The molecule has 21 heavy (non-hydrogen) atoms. The molecular weight excluding hydrogens is 299 g/mol. The van der Waals surface area contributed by atoms with E-state index in [2.05, 4.69) is 5.32 Å². The largest absolute Gasteiger partial charge is 0.396 e. The SMILES string of the molecule is CS(=O)(=O)N(CC(=O)NCCCO)Cc1ccc(F)cc1. The first-order valence-electron chi connectivity index (χ1n) is 6.40. The number of amides is 1. The van der Waals surface area contributed by atoms with Crippen LogP contribution in [0.4, 0.5) is 4.39 Å². The minimum atomic E-state index is -3.57. The Balaban J connectivity index is 2.69. The van der Waals surface area contributed by atoms with Crippen LogP contribution in [0.3, 0.4) is 0 Å². The molecule has 0 unspecified atom stereocenters. The van der Waals surface area contributed by atoms with Gasteiger partial charge in [0.2, 0.25) is 15.9 Å². The molecular formula is C13H19FN2O4S. The average Bonchev–Trinajstić information content (AvgIpc) is 2.40. The topological polar surface area (TPSA) is 86.7 Å². The summed E-state index contributed by atoms with van der Waals surface area (Å²) >= 11 is 0. The third kappa shape index (κ3) is 6.65. The highest BCUT2D eigenvalue weighted by atomic mass is 32.2. The van der Waals surface area contributed by atoms with E-state index in [9.17, 15) is 17.6 Å². The van der Waals surface area contributed by atoms with Crippen molar-refractivity contribution in [2.45, 2.75) is 13.0 Å². The van der Waals surface area contributed by atoms with Crippen LogP contribution in [0.25, 0.3) is 0 Å². The monoisotopic (exact) mass is 318 g/mol. The van der Waals surface area contributed by atoms with Crippen LogP contribution in [0, 0.1) is 5.82 Å². The number of benzene rings is 1. The Morgan fingerprint density at radius 1 is 1.33 bits per heavy atom. The normalized spacial score (nSPS) is 11.6. The summed E-state index contributed by atoms with van der Waals surface area (Å²) in [5, 5.41) is 11.1. The van der Waals surface area contributed by atoms with Gasteiger partial charge in [-0.2, -0.15) is 4.31 Å². The second-order valence-electron chi connectivity index (χ2n) is 4.58. The van der Waals surface area contributed by atoms with Crippen molar-refractivity contribution in [2.75, 3.05) is 26.0 Å². The second-order valence-corrected chi connectivity index (χ2v) is 6.57. The van der Waals surface area contributed by atoms with Crippen LogP contribution < -0.4 is 5.32 Å². The zero-order valence-electron chi connectivity index (χ0n) is 11.8. The van der Waals surface area contributed by atoms with Gasteiger partial charge in [-0.1, -0.05) is 12.1 Å². The highest BCUT2D eigenvalue weighted by Crippen LogP contribution is 2.09. The zero-order chi connectivity index (χ0) is 15.9. The molecule has 0 fully saturated rings. The zero-order valence-corrected chi connectivity index (χ0v) is 12.6. The first kappa shape index (κ1) is 17.5. The number of aliphatic hydroxyl groups is 1. The van der Waals surface area contributed by atoms with Gasteiger partial charge in [-0.15, -0.1) is 0 Å². The van der Waals surface area contributed by atoms with E-state index >= 15 is 0 Å². The molecule has 1 rings (SSSR count). The molecule has 0 atom stereocenters. The number of carbonyl (C=O) groups excluding carboxylic acids is 1. The van der Waals surface area contributed by atoms with Gasteiger partial charge in [-0.3, -0.25) is 4.79 Å². The number of hydrogen-bond donors (Lipinski definition) is 2. The lowest BCUT2D eigenvalue weighted by Crippen LogP contribution is -2.40. The van der Waals surface area contributed by atoms with Gasteiger partial charge in [0.15, 0.2) is 0 Å². The van der Waals surface area contributed by atoms with Crippen molar-refractivity contribution in [1.29, 1.82) is 0 Å². The molecule has 0 aliphatic rings. The van der Waals surface area contributed by atoms with Crippen LogP contribution in [0.5, 0.6) is 0 Å². The van der Waals surface area contributed by atoms with Crippen molar-refractivity contribution >= 4 is 15.9 Å². The molecule has 8 heteroatoms. The van der Waals surface area contributed by atoms with Crippen molar-refractivity contribution in [3.8, 4) is 0 Å². The summed E-state index contributed by atoms with van der Waals surface area (Å²) in [5.41, 5.74) is 0.588. The van der Waals surface area contributed by atoms with Crippen molar-refractivity contribution in [3.63, 3.8) is 0 Å². The molecule has 2 N–H and O–H groups in total. The summed E-state index contributed by atoms with van der Waals surface area (Å²) in [5.74, 6) is -0.859. The fourth-order valence-electron chi connectivity index (χ4n) is 1.61. The molecule has 6 nitrogen and oxygen atoms in total. The second kappa shape index (κ2) is 8.06. The minimum absolute atomic E-state index is 0.00741. The van der Waals surface area contributed by atoms with Crippen LogP contribution in [-0.4, -0.2) is 49.7 Å². The van der Waals surface area contributed by atoms with Gasteiger partial charge >= 0.3 is 0 Å². The Kier molecular flexibility index (Phi) is 6.73. The van der Waals surface area contributed by atoms with Gasteiger partial charge in [-0.25, -0.2) is 12.8 Å². The molecule has 118 valence electrons. The fraction of sp³-hybridized carbons (Fsp3) is 0.462. The number of halogens is 1. The van der Waals surface area contributed by atoms with E-state index in [0.717, 1.165) is 10.6 Å². The highest BCUT2D eigenvalue weighted by Gasteiger charge is 2.20. The molecule has 0 aliphatic heterocycles. The standard InChI is InChI=1S/C13H19FN2O4S/c1-21(19,20)16(10-13(18)15-7-2-8-17)9-11-3-5-12(14)6-4-11/h3-6,17H,2,7-10H2,1H3,(H,15,18). The van der Waals surface area contributed by atoms with E-state index < -0.39 is 21.7 Å². The van der Waals surface area contributed by atoms with Gasteiger partial charge in [0.25, 0.3) is 0 Å². The maximum Gasteiger partial charge on any atom is 0.235 e. The van der Waals surface area contributed by atoms with Gasteiger partial charge in [0.05, 0.1) is 12.8 Å². The van der Waals surface area contributed by atoms with Gasteiger partial charge < -0.3 is 10.4 Å². The predicted molar refractivity (Wildman–Crippen MR) is 76.4 cm³/mol. The Bertz CT molecular complexity index is 560. The van der Waals surface area contributed by atoms with Crippen molar-refractivity contribution in [2.24, 2.45) is 0 Å². The Morgan fingerprint density at radius 3 is 2.48 bits per heavy atom. The molecule has 0 aromatic heterocycles. The third-order valence-corrected chi connectivity index (χ3v) is 3.91. The molecule has 0 saturated heterocycles. The average molecular weight is 318 g/mol. The van der Waals surface area contributed by atoms with E-state index in [4.69, 9.17) is 5.11 Å². The lowest BCUT2D eigenvalue weighted by atomic mass is 10.2. The van der Waals surface area contributed by atoms with Crippen molar-refractivity contribution < 1.29 is 22.7 Å². The number of aliphatic hydroxyl groups excluding tert-OH is 1. The van der Waals surface area contributed by atoms with E-state index in [1.165, 1.54) is 24.3 Å². The predicted octanol–water partition coefficient (Wildman–Crippen LogP) is 0.0859. The van der Waals surface area contributed by atoms with Crippen molar-refractivity contribution in [1.82, 2.24) is 9.62 Å². The molecule has 1 aromatic carbocycles. The smallest absolute Gasteiger partial charge is 0.235 e. The lowest BCUT2D eigenvalue weighted by molar-refractivity contribution is -0.121. The molecule has 0 radical (unpaired) electrons. The summed E-state index contributed by atoms with van der Waals surface area (Å²) in [7, 11) is -3.57. The number of carbonyl (C=O) groups is 1. The summed E-state index contributed by atoms with van der Waals surface area (Å²) in [6, 6.07) is 5.41. The van der Waals surface area contributed by atoms with Crippen LogP contribution in [0.2, 0.25) is 0 Å². The van der Waals surface area contributed by atoms with Gasteiger partial charge in [0.1, 0.15) is 5.82 Å². The van der Waals surface area contributed by atoms with Crippen LogP contribution >= 0.6 is 0 Å². The van der Waals surface area contributed by atoms with E-state index in [-0.39, 0.29) is 26.2 Å². The maximum absolute atomic E-state index is 12.8. The Morgan fingerprint density at radius 2 is 1.95 bits per heavy atom. The van der Waals surface area contributed by atoms with E-state index in [0.29, 0.717) is 12.0 Å². The van der Waals surface area contributed by atoms with Crippen LogP contribution in [-0.2, 0) is 21.4 Å². The Labute approximate surface area is 123 Å². The molecule has 0 spiro atoms. The highest BCUT2D eigenvalue weighted by molar-refractivity contribution is 7.88.